The highest BCUT2D eigenvalue weighted by atomic mass is 35.5. The molecule has 0 bridgehead atoms. The van der Waals surface area contributed by atoms with Crippen molar-refractivity contribution in [2.75, 3.05) is 11.9 Å². The molecule has 2 aromatic rings. The molecule has 0 aliphatic carbocycles. The van der Waals surface area contributed by atoms with Crippen LogP contribution in [0, 0.1) is 11.8 Å². The highest BCUT2D eigenvalue weighted by Crippen LogP contribution is 2.17. The normalized spacial score (nSPS) is 9.50. The van der Waals surface area contributed by atoms with E-state index in [1.807, 2.05) is 0 Å². The van der Waals surface area contributed by atoms with Crippen molar-refractivity contribution < 1.29 is 4.79 Å². The second-order valence-electron chi connectivity index (χ2n) is 3.62. The van der Waals surface area contributed by atoms with E-state index in [2.05, 4.69) is 32.3 Å². The first-order valence-corrected chi connectivity index (χ1v) is 6.02. The molecule has 0 fully saturated rings. The zero-order valence-electron chi connectivity index (χ0n) is 10.3. The highest BCUT2D eigenvalue weighted by molar-refractivity contribution is 6.32. The molecule has 0 aliphatic heterocycles. The van der Waals surface area contributed by atoms with Gasteiger partial charge in [-0.05, 0) is 18.2 Å². The highest BCUT2D eigenvalue weighted by Gasteiger charge is 2.09. The lowest BCUT2D eigenvalue weighted by molar-refractivity contribution is 0.102. The van der Waals surface area contributed by atoms with E-state index in [1.54, 1.807) is 12.1 Å². The third kappa shape index (κ3) is 3.51. The van der Waals surface area contributed by atoms with Gasteiger partial charge in [0.05, 0.1) is 24.0 Å². The molecule has 0 radical (unpaired) electrons. The van der Waals surface area contributed by atoms with Crippen LogP contribution < -0.4 is 11.1 Å². The number of carbonyl (C=O) groups excluding carboxylic acids is 1. The Morgan fingerprint density at radius 2 is 2.25 bits per heavy atom. The SMILES string of the molecule is NCC#Cc1ccc(C(=O)Nc2nccnn2)cc1Cl. The monoisotopic (exact) mass is 287 g/mol. The van der Waals surface area contributed by atoms with Gasteiger partial charge in [-0.15, -0.1) is 5.10 Å². The molecule has 3 N–H and O–H groups in total. The van der Waals surface area contributed by atoms with Gasteiger partial charge in [-0.1, -0.05) is 23.4 Å². The van der Waals surface area contributed by atoms with E-state index in [0.717, 1.165) is 0 Å². The molecule has 1 heterocycles. The van der Waals surface area contributed by atoms with Crippen LogP contribution in [0.2, 0.25) is 5.02 Å². The summed E-state index contributed by atoms with van der Waals surface area (Å²) in [5, 5.41) is 10.2. The second kappa shape index (κ2) is 6.61. The van der Waals surface area contributed by atoms with Crippen LogP contribution in [0.25, 0.3) is 0 Å². The fraction of sp³-hybridized carbons (Fsp3) is 0.0769. The summed E-state index contributed by atoms with van der Waals surface area (Å²) in [6, 6.07) is 4.79. The van der Waals surface area contributed by atoms with Crippen LogP contribution in [0.3, 0.4) is 0 Å². The van der Waals surface area contributed by atoms with Gasteiger partial charge in [0.15, 0.2) is 0 Å². The predicted molar refractivity (Wildman–Crippen MR) is 75.2 cm³/mol. The molecule has 0 saturated carbocycles. The summed E-state index contributed by atoms with van der Waals surface area (Å²) < 4.78 is 0. The smallest absolute Gasteiger partial charge is 0.258 e. The average molecular weight is 288 g/mol. The molecule has 0 aliphatic rings. The zero-order chi connectivity index (χ0) is 14.4. The van der Waals surface area contributed by atoms with Gasteiger partial charge in [0.2, 0.25) is 5.95 Å². The molecule has 0 atom stereocenters. The van der Waals surface area contributed by atoms with Crippen molar-refractivity contribution in [3.05, 3.63) is 46.7 Å². The molecule has 2 rings (SSSR count). The molecule has 100 valence electrons. The van der Waals surface area contributed by atoms with Crippen LogP contribution in [0.1, 0.15) is 15.9 Å². The lowest BCUT2D eigenvalue weighted by atomic mass is 10.1. The molecule has 1 aromatic heterocycles. The number of nitrogens with one attached hydrogen (secondary N) is 1. The number of nitrogens with zero attached hydrogens (tertiary/aromatic N) is 3. The lowest BCUT2D eigenvalue weighted by Crippen LogP contribution is -2.14. The van der Waals surface area contributed by atoms with Crippen molar-refractivity contribution in [3.63, 3.8) is 0 Å². The Kier molecular flexibility index (Phi) is 4.60. The first kappa shape index (κ1) is 13.9. The van der Waals surface area contributed by atoms with Crippen molar-refractivity contribution in [1.82, 2.24) is 15.2 Å². The van der Waals surface area contributed by atoms with Crippen LogP contribution in [0.5, 0.6) is 0 Å². The van der Waals surface area contributed by atoms with E-state index in [4.69, 9.17) is 17.3 Å². The molecule has 6 nitrogen and oxygen atoms in total. The Morgan fingerprint density at radius 1 is 1.40 bits per heavy atom. The number of hydrogen-bond donors (Lipinski definition) is 2. The number of hydrogen-bond acceptors (Lipinski definition) is 5. The lowest BCUT2D eigenvalue weighted by Gasteiger charge is -2.04. The quantitative estimate of drug-likeness (QED) is 0.806. The van der Waals surface area contributed by atoms with Gasteiger partial charge in [0.25, 0.3) is 5.91 Å². The van der Waals surface area contributed by atoms with Crippen molar-refractivity contribution >= 4 is 23.5 Å². The number of benzene rings is 1. The van der Waals surface area contributed by atoms with E-state index in [1.165, 1.54) is 18.5 Å². The molecule has 0 spiro atoms. The topological polar surface area (TPSA) is 93.8 Å². The van der Waals surface area contributed by atoms with Gasteiger partial charge in [0, 0.05) is 11.1 Å². The Morgan fingerprint density at radius 3 is 2.90 bits per heavy atom. The first-order valence-electron chi connectivity index (χ1n) is 5.64. The van der Waals surface area contributed by atoms with Crippen LogP contribution in [0.15, 0.2) is 30.6 Å². The number of amides is 1. The Labute approximate surface area is 120 Å². The summed E-state index contributed by atoms with van der Waals surface area (Å²) in [5.41, 5.74) is 6.28. The molecule has 7 heteroatoms. The van der Waals surface area contributed by atoms with Gasteiger partial charge in [0.1, 0.15) is 0 Å². The third-order valence-corrected chi connectivity index (χ3v) is 2.58. The summed E-state index contributed by atoms with van der Waals surface area (Å²) in [4.78, 5) is 15.8. The van der Waals surface area contributed by atoms with E-state index in [0.29, 0.717) is 16.1 Å². The van der Waals surface area contributed by atoms with Crippen LogP contribution in [-0.4, -0.2) is 27.6 Å². The Hall–Kier alpha value is -2.49. The third-order valence-electron chi connectivity index (χ3n) is 2.26. The van der Waals surface area contributed by atoms with Crippen molar-refractivity contribution in [2.24, 2.45) is 5.73 Å². The largest absolute Gasteiger partial charge is 0.320 e. The van der Waals surface area contributed by atoms with E-state index in [9.17, 15) is 4.79 Å². The molecule has 1 aromatic carbocycles. The molecule has 0 saturated heterocycles. The molecule has 1 amide bonds. The maximum Gasteiger partial charge on any atom is 0.258 e. The fourth-order valence-electron chi connectivity index (χ4n) is 1.38. The Balaban J connectivity index is 2.17. The van der Waals surface area contributed by atoms with Gasteiger partial charge in [-0.3, -0.25) is 10.1 Å². The minimum absolute atomic E-state index is 0.126. The number of aromatic nitrogens is 3. The Bertz CT molecular complexity index is 678. The first-order chi connectivity index (χ1) is 9.70. The van der Waals surface area contributed by atoms with Crippen LogP contribution in [-0.2, 0) is 0 Å². The number of rotatable bonds is 2. The molecule has 0 unspecified atom stereocenters. The predicted octanol–water partition coefficient (Wildman–Crippen LogP) is 1.09. The van der Waals surface area contributed by atoms with Crippen molar-refractivity contribution in [3.8, 4) is 11.8 Å². The summed E-state index contributed by atoms with van der Waals surface area (Å²) in [5.74, 6) is 5.26. The zero-order valence-corrected chi connectivity index (χ0v) is 11.1. The van der Waals surface area contributed by atoms with Gasteiger partial charge in [-0.25, -0.2) is 4.98 Å². The summed E-state index contributed by atoms with van der Waals surface area (Å²) in [6.07, 6.45) is 2.85. The van der Waals surface area contributed by atoms with Crippen LogP contribution >= 0.6 is 11.6 Å². The summed E-state index contributed by atoms with van der Waals surface area (Å²) in [6.45, 7) is 0.247. The van der Waals surface area contributed by atoms with Gasteiger partial charge >= 0.3 is 0 Å². The maximum absolute atomic E-state index is 12.0. The minimum atomic E-state index is -0.377. The van der Waals surface area contributed by atoms with E-state index in [-0.39, 0.29) is 18.4 Å². The molecular formula is C13H10ClN5O. The number of carbonyl (C=O) groups is 1. The fourth-order valence-corrected chi connectivity index (χ4v) is 1.61. The van der Waals surface area contributed by atoms with E-state index >= 15 is 0 Å². The average Bonchev–Trinajstić information content (AvgIpc) is 2.47. The molecular weight excluding hydrogens is 278 g/mol. The summed E-state index contributed by atoms with van der Waals surface area (Å²) in [7, 11) is 0. The van der Waals surface area contributed by atoms with Crippen LogP contribution in [0.4, 0.5) is 5.95 Å². The van der Waals surface area contributed by atoms with Gasteiger partial charge in [-0.2, -0.15) is 5.10 Å². The van der Waals surface area contributed by atoms with E-state index < -0.39 is 0 Å². The number of halogens is 1. The molecule has 20 heavy (non-hydrogen) atoms. The van der Waals surface area contributed by atoms with Crippen molar-refractivity contribution in [1.29, 1.82) is 0 Å². The number of anilines is 1. The maximum atomic E-state index is 12.0. The second-order valence-corrected chi connectivity index (χ2v) is 4.03. The number of nitrogens with two attached hydrogens (primary N) is 1. The standard InChI is InChI=1S/C13H10ClN5O/c14-11-8-10(4-3-9(11)2-1-5-15)12(20)18-13-16-6-7-17-19-13/h3-4,6-8H,5,15H2,(H,16,18,19,20). The van der Waals surface area contributed by atoms with Crippen molar-refractivity contribution in [2.45, 2.75) is 0 Å². The van der Waals surface area contributed by atoms with Gasteiger partial charge < -0.3 is 5.73 Å². The summed E-state index contributed by atoms with van der Waals surface area (Å²) >= 11 is 6.05. The minimum Gasteiger partial charge on any atom is -0.320 e.